The first-order valence-corrected chi connectivity index (χ1v) is 13.3. The zero-order valence-electron chi connectivity index (χ0n) is 21.7. The van der Waals surface area contributed by atoms with E-state index < -0.39 is 23.2 Å². The molecule has 1 fully saturated rings. The number of aryl methyl sites for hydroxylation is 1. The summed E-state index contributed by atoms with van der Waals surface area (Å²) in [4.78, 5) is 33.5. The van der Waals surface area contributed by atoms with Gasteiger partial charge in [-0.15, -0.1) is 0 Å². The molecule has 8 nitrogen and oxygen atoms in total. The van der Waals surface area contributed by atoms with Crippen molar-refractivity contribution >= 4 is 16.9 Å². The van der Waals surface area contributed by atoms with Crippen molar-refractivity contribution in [2.24, 2.45) is 0 Å². The van der Waals surface area contributed by atoms with Crippen LogP contribution in [-0.4, -0.2) is 49.8 Å². The molecule has 0 bridgehead atoms. The number of carbonyl (C=O) groups is 1. The lowest BCUT2D eigenvalue weighted by molar-refractivity contribution is -0.172. The number of aliphatic hydroxyl groups excluding tert-OH is 1. The van der Waals surface area contributed by atoms with Gasteiger partial charge in [-0.25, -0.2) is 14.2 Å². The molecule has 38 heavy (non-hydrogen) atoms. The van der Waals surface area contributed by atoms with Crippen molar-refractivity contribution in [3.63, 3.8) is 0 Å². The van der Waals surface area contributed by atoms with Crippen molar-refractivity contribution in [2.45, 2.75) is 76.9 Å². The van der Waals surface area contributed by atoms with Gasteiger partial charge in [0.15, 0.2) is 5.60 Å². The fourth-order valence-electron chi connectivity index (χ4n) is 7.29. The summed E-state index contributed by atoms with van der Waals surface area (Å²) in [5.41, 5.74) is 3.01. The average Bonchev–Trinajstić information content (AvgIpc) is 3.50. The Labute approximate surface area is 218 Å². The number of aromatic nitrogens is 2. The number of ether oxygens (including phenoxy) is 1. The van der Waals surface area contributed by atoms with Crippen LogP contribution in [-0.2, 0) is 40.2 Å². The Hall–Kier alpha value is -3.14. The van der Waals surface area contributed by atoms with Crippen LogP contribution in [0.2, 0.25) is 0 Å². The molecule has 3 aromatic rings. The highest BCUT2D eigenvalue weighted by molar-refractivity contribution is 5.93. The minimum atomic E-state index is -1.91. The van der Waals surface area contributed by atoms with E-state index in [0.717, 1.165) is 35.0 Å². The summed E-state index contributed by atoms with van der Waals surface area (Å²) >= 11 is 0. The summed E-state index contributed by atoms with van der Waals surface area (Å²) < 4.78 is 21.9. The van der Waals surface area contributed by atoms with E-state index in [4.69, 9.17) is 9.72 Å². The van der Waals surface area contributed by atoms with Gasteiger partial charge in [0.1, 0.15) is 12.4 Å². The Morgan fingerprint density at radius 3 is 2.74 bits per heavy atom. The van der Waals surface area contributed by atoms with Crippen LogP contribution in [0.3, 0.4) is 0 Å². The third-order valence-corrected chi connectivity index (χ3v) is 9.57. The molecule has 0 spiro atoms. The summed E-state index contributed by atoms with van der Waals surface area (Å²) in [5, 5.41) is 22.5. The highest BCUT2D eigenvalue weighted by Crippen LogP contribution is 2.50. The molecule has 2 aromatic heterocycles. The molecular weight excluding hydrogens is 489 g/mol. The minimum Gasteiger partial charge on any atom is -0.458 e. The topological polar surface area (TPSA) is 105 Å². The van der Waals surface area contributed by atoms with Crippen LogP contribution < -0.4 is 5.56 Å². The zero-order valence-corrected chi connectivity index (χ0v) is 21.7. The number of likely N-dealkylation sites (tertiary alicyclic amines) is 1. The first-order valence-electron chi connectivity index (χ1n) is 13.3. The maximum absolute atomic E-state index is 15.1. The highest BCUT2D eigenvalue weighted by atomic mass is 19.1. The van der Waals surface area contributed by atoms with E-state index in [9.17, 15) is 19.8 Å². The number of esters is 1. The normalized spacial score (nSPS) is 27.8. The number of carbonyl (C=O) groups excluding carboxylic acids is 1. The summed E-state index contributed by atoms with van der Waals surface area (Å²) in [6.45, 7) is 7.06. The predicted octanol–water partition coefficient (Wildman–Crippen LogP) is 2.76. The summed E-state index contributed by atoms with van der Waals surface area (Å²) in [7, 11) is 0. The van der Waals surface area contributed by atoms with Crippen LogP contribution in [0.5, 0.6) is 0 Å². The molecule has 1 aromatic carbocycles. The van der Waals surface area contributed by atoms with E-state index in [0.29, 0.717) is 41.9 Å². The second-order valence-corrected chi connectivity index (χ2v) is 11.4. The third kappa shape index (κ3) is 2.87. The number of rotatable bonds is 2. The van der Waals surface area contributed by atoms with Gasteiger partial charge in [-0.3, -0.25) is 9.69 Å². The van der Waals surface area contributed by atoms with Crippen LogP contribution in [0, 0.1) is 12.7 Å². The molecule has 1 saturated heterocycles. The lowest BCUT2D eigenvalue weighted by atomic mass is 9.73. The van der Waals surface area contributed by atoms with Gasteiger partial charge in [-0.1, -0.05) is 6.92 Å². The highest BCUT2D eigenvalue weighted by Gasteiger charge is 2.48. The molecule has 198 valence electrons. The molecule has 5 heterocycles. The molecule has 0 amide bonds. The molecule has 3 atom stereocenters. The largest absolute Gasteiger partial charge is 0.458 e. The molecule has 7 rings (SSSR count). The Morgan fingerprint density at radius 1 is 1.24 bits per heavy atom. The Bertz CT molecular complexity index is 1650. The van der Waals surface area contributed by atoms with Gasteiger partial charge < -0.3 is 19.5 Å². The number of halogens is 1. The van der Waals surface area contributed by atoms with Crippen molar-refractivity contribution in [3.8, 4) is 11.4 Å². The average molecular weight is 520 g/mol. The van der Waals surface area contributed by atoms with E-state index in [-0.39, 0.29) is 42.1 Å². The Balaban J connectivity index is 1.55. The smallest absolute Gasteiger partial charge is 0.343 e. The van der Waals surface area contributed by atoms with Gasteiger partial charge in [-0.2, -0.15) is 0 Å². The van der Waals surface area contributed by atoms with Gasteiger partial charge >= 0.3 is 5.97 Å². The van der Waals surface area contributed by atoms with E-state index in [2.05, 4.69) is 11.8 Å². The fraction of sp³-hybridized carbons (Fsp3) is 0.483. The van der Waals surface area contributed by atoms with Gasteiger partial charge in [0.05, 0.1) is 35.1 Å². The van der Waals surface area contributed by atoms with E-state index in [1.54, 1.807) is 24.5 Å². The summed E-state index contributed by atoms with van der Waals surface area (Å²) in [5.74, 6) is -1.07. The number of hydrogen-bond donors (Lipinski definition) is 2. The molecule has 2 N–H and O–H groups in total. The molecule has 0 saturated carbocycles. The number of fused-ring (bicyclic) bond motifs is 5. The number of benzene rings is 1. The van der Waals surface area contributed by atoms with Gasteiger partial charge in [0, 0.05) is 41.2 Å². The van der Waals surface area contributed by atoms with Crippen molar-refractivity contribution in [1.29, 1.82) is 0 Å². The first kappa shape index (κ1) is 23.9. The van der Waals surface area contributed by atoms with Crippen molar-refractivity contribution in [1.82, 2.24) is 14.5 Å². The van der Waals surface area contributed by atoms with E-state index in [1.165, 1.54) is 6.07 Å². The van der Waals surface area contributed by atoms with E-state index in [1.807, 2.05) is 0 Å². The third-order valence-electron chi connectivity index (χ3n) is 9.57. The first-order chi connectivity index (χ1) is 18.1. The lowest BCUT2D eigenvalue weighted by Crippen LogP contribution is -2.46. The second-order valence-electron chi connectivity index (χ2n) is 11.4. The molecule has 1 aliphatic carbocycles. The quantitative estimate of drug-likeness (QED) is 0.393. The van der Waals surface area contributed by atoms with Crippen LogP contribution in [0.1, 0.15) is 66.5 Å². The van der Waals surface area contributed by atoms with Crippen molar-refractivity contribution < 1.29 is 24.1 Å². The van der Waals surface area contributed by atoms with Gasteiger partial charge in [-0.05, 0) is 62.3 Å². The molecular formula is C29H30FN3O5. The maximum atomic E-state index is 15.1. The van der Waals surface area contributed by atoms with Crippen LogP contribution in [0.4, 0.5) is 4.39 Å². The van der Waals surface area contributed by atoms with Gasteiger partial charge in [0.2, 0.25) is 0 Å². The van der Waals surface area contributed by atoms with Crippen molar-refractivity contribution in [2.75, 3.05) is 13.1 Å². The lowest BCUT2D eigenvalue weighted by Gasteiger charge is -2.44. The molecule has 0 radical (unpaired) electrons. The zero-order chi connectivity index (χ0) is 26.7. The molecule has 1 unspecified atom stereocenters. The molecule has 3 aliphatic heterocycles. The Morgan fingerprint density at radius 2 is 2.03 bits per heavy atom. The number of aliphatic hydroxyl groups is 2. The standard InChI is InChI=1S/C29H30FN3O5/c1-4-29(37)19-9-22-25-17(12-33(22)26(35)18(19)13-38-27(29)36)24-23-16(14(2)20(30)10-21(23)31-25)5-7-28(24,3)32-8-6-15(34)11-32/h9-10,15,34,37H,4-8,11-13H2,1-3H3/t15-,28-,29?/m1/s1. The molecule has 4 aliphatic rings. The van der Waals surface area contributed by atoms with Crippen LogP contribution >= 0.6 is 0 Å². The maximum Gasteiger partial charge on any atom is 0.343 e. The number of hydrogen-bond acceptors (Lipinski definition) is 7. The summed E-state index contributed by atoms with van der Waals surface area (Å²) in [6.07, 6.45) is 1.80. The Kier molecular flexibility index (Phi) is 4.86. The van der Waals surface area contributed by atoms with E-state index >= 15 is 4.39 Å². The number of cyclic esters (lactones) is 1. The van der Waals surface area contributed by atoms with Crippen molar-refractivity contribution in [3.05, 3.63) is 61.7 Å². The van der Waals surface area contributed by atoms with Gasteiger partial charge in [0.25, 0.3) is 5.56 Å². The SMILES string of the molecule is CCC1(O)C(=O)OCc2c1cc1n(c2=O)Cc2c-1nc1cc(F)c(C)c3c1c2[C@](C)(N1CC[C@@H](O)C1)CC3. The number of pyridine rings is 2. The minimum absolute atomic E-state index is 0.0637. The monoisotopic (exact) mass is 519 g/mol. The summed E-state index contributed by atoms with van der Waals surface area (Å²) in [6, 6.07) is 3.17. The molecule has 9 heteroatoms. The predicted molar refractivity (Wildman–Crippen MR) is 137 cm³/mol. The fourth-order valence-corrected chi connectivity index (χ4v) is 7.29. The van der Waals surface area contributed by atoms with Crippen LogP contribution in [0.15, 0.2) is 16.9 Å². The second kappa shape index (κ2) is 7.71. The number of nitrogens with zero attached hydrogens (tertiary/aromatic N) is 3. The van der Waals surface area contributed by atoms with Crippen LogP contribution in [0.25, 0.3) is 22.3 Å². The number of β-amino-alcohol motifs (C(OH)–C–C–N with tert-alkyl or cyclic N) is 1.